The van der Waals surface area contributed by atoms with Gasteiger partial charge in [-0.2, -0.15) is 0 Å². The predicted molar refractivity (Wildman–Crippen MR) is 122 cm³/mol. The lowest BCUT2D eigenvalue weighted by Gasteiger charge is -2.32. The number of amides is 2. The summed E-state index contributed by atoms with van der Waals surface area (Å²) in [5.41, 5.74) is 5.33. The highest BCUT2D eigenvalue weighted by Crippen LogP contribution is 2.26. The summed E-state index contributed by atoms with van der Waals surface area (Å²) in [6.07, 6.45) is 1.59. The van der Waals surface area contributed by atoms with Crippen LogP contribution in [0.15, 0.2) is 29.3 Å². The number of aliphatic imine (C=N–C) groups is 1. The van der Waals surface area contributed by atoms with E-state index in [-0.39, 0.29) is 42.2 Å². The number of primary amides is 1. The standard InChI is InChI=1S/C19H31N5O3.HI/c1-4-21-19(23-15-9-11-24(12-10-15)18(20)25)22-13-14(2)27-17-8-6-5-7-16(17)26-3;/h5-8,14-15H,4,9-13H2,1-3H3,(H2,20,25)(H2,21,22,23);1H. The number of hydrogen-bond acceptors (Lipinski definition) is 4. The normalized spacial score (nSPS) is 16.0. The smallest absolute Gasteiger partial charge is 0.314 e. The number of carbonyl (C=O) groups is 1. The van der Waals surface area contributed by atoms with E-state index in [2.05, 4.69) is 15.6 Å². The summed E-state index contributed by atoms with van der Waals surface area (Å²) in [6, 6.07) is 7.49. The molecule has 0 radical (unpaired) electrons. The average molecular weight is 505 g/mol. The van der Waals surface area contributed by atoms with Crippen molar-refractivity contribution < 1.29 is 14.3 Å². The number of likely N-dealkylation sites (tertiary alicyclic amines) is 1. The van der Waals surface area contributed by atoms with Gasteiger partial charge in [0, 0.05) is 25.7 Å². The van der Waals surface area contributed by atoms with Gasteiger partial charge >= 0.3 is 6.03 Å². The van der Waals surface area contributed by atoms with E-state index in [1.165, 1.54) is 0 Å². The van der Waals surface area contributed by atoms with Crippen LogP contribution in [0.5, 0.6) is 11.5 Å². The van der Waals surface area contributed by atoms with Gasteiger partial charge in [0.2, 0.25) is 0 Å². The summed E-state index contributed by atoms with van der Waals surface area (Å²) in [7, 11) is 1.63. The van der Waals surface area contributed by atoms with E-state index in [0.29, 0.717) is 31.1 Å². The minimum Gasteiger partial charge on any atom is -0.493 e. The first-order valence-corrected chi connectivity index (χ1v) is 9.42. The van der Waals surface area contributed by atoms with Gasteiger partial charge in [0.25, 0.3) is 0 Å². The first-order valence-electron chi connectivity index (χ1n) is 9.42. The minimum atomic E-state index is -0.351. The van der Waals surface area contributed by atoms with E-state index in [1.54, 1.807) is 12.0 Å². The maximum Gasteiger partial charge on any atom is 0.314 e. The van der Waals surface area contributed by atoms with Crippen molar-refractivity contribution in [2.45, 2.75) is 38.8 Å². The largest absolute Gasteiger partial charge is 0.493 e. The van der Waals surface area contributed by atoms with Crippen LogP contribution in [0.25, 0.3) is 0 Å². The van der Waals surface area contributed by atoms with E-state index in [0.717, 1.165) is 25.3 Å². The van der Waals surface area contributed by atoms with Crippen molar-refractivity contribution >= 4 is 36.0 Å². The minimum absolute atomic E-state index is 0. The Morgan fingerprint density at radius 2 is 1.96 bits per heavy atom. The Bertz CT molecular complexity index is 636. The fourth-order valence-electron chi connectivity index (χ4n) is 2.95. The number of nitrogens with zero attached hydrogens (tertiary/aromatic N) is 2. The molecule has 9 heteroatoms. The second kappa shape index (κ2) is 12.5. The zero-order valence-electron chi connectivity index (χ0n) is 16.8. The molecule has 28 heavy (non-hydrogen) atoms. The summed E-state index contributed by atoms with van der Waals surface area (Å²) in [4.78, 5) is 17.5. The van der Waals surface area contributed by atoms with Crippen molar-refractivity contribution in [1.29, 1.82) is 0 Å². The van der Waals surface area contributed by atoms with E-state index < -0.39 is 0 Å². The Kier molecular flexibility index (Phi) is 10.8. The van der Waals surface area contributed by atoms with Crippen LogP contribution in [0.1, 0.15) is 26.7 Å². The van der Waals surface area contributed by atoms with Crippen LogP contribution < -0.4 is 25.8 Å². The van der Waals surface area contributed by atoms with E-state index in [4.69, 9.17) is 15.2 Å². The van der Waals surface area contributed by atoms with E-state index >= 15 is 0 Å². The number of nitrogens with one attached hydrogen (secondary N) is 2. The Morgan fingerprint density at radius 1 is 1.32 bits per heavy atom. The van der Waals surface area contributed by atoms with Gasteiger partial charge in [0.05, 0.1) is 13.7 Å². The number of para-hydroxylation sites is 2. The molecule has 0 aliphatic carbocycles. The topological polar surface area (TPSA) is 101 Å². The van der Waals surface area contributed by atoms with Crippen molar-refractivity contribution in [1.82, 2.24) is 15.5 Å². The highest BCUT2D eigenvalue weighted by atomic mass is 127. The van der Waals surface area contributed by atoms with Crippen LogP contribution in [0.4, 0.5) is 4.79 Å². The molecule has 0 bridgehead atoms. The number of nitrogens with two attached hydrogens (primary N) is 1. The van der Waals surface area contributed by atoms with Gasteiger partial charge in [0.1, 0.15) is 6.10 Å². The van der Waals surface area contributed by atoms with Crippen molar-refractivity contribution in [3.63, 3.8) is 0 Å². The predicted octanol–water partition coefficient (Wildman–Crippen LogP) is 2.18. The monoisotopic (exact) mass is 505 g/mol. The van der Waals surface area contributed by atoms with Crippen LogP contribution >= 0.6 is 24.0 Å². The third-order valence-corrected chi connectivity index (χ3v) is 4.40. The third kappa shape index (κ3) is 7.61. The van der Waals surface area contributed by atoms with Crippen LogP contribution in [0, 0.1) is 0 Å². The van der Waals surface area contributed by atoms with Crippen LogP contribution in [-0.4, -0.2) is 62.3 Å². The lowest BCUT2D eigenvalue weighted by molar-refractivity contribution is 0.188. The Morgan fingerprint density at radius 3 is 2.54 bits per heavy atom. The van der Waals surface area contributed by atoms with Gasteiger partial charge in [-0.1, -0.05) is 12.1 Å². The molecule has 1 atom stereocenters. The Hall–Kier alpha value is -1.91. The van der Waals surface area contributed by atoms with Gasteiger partial charge in [-0.15, -0.1) is 24.0 Å². The SMILES string of the molecule is CCNC(=NCC(C)Oc1ccccc1OC)NC1CCN(C(N)=O)CC1.I. The second-order valence-corrected chi connectivity index (χ2v) is 6.54. The van der Waals surface area contributed by atoms with Crippen LogP contribution in [0.3, 0.4) is 0 Å². The van der Waals surface area contributed by atoms with Crippen molar-refractivity contribution in [2.24, 2.45) is 10.7 Å². The average Bonchev–Trinajstić information content (AvgIpc) is 2.67. The summed E-state index contributed by atoms with van der Waals surface area (Å²) in [5.74, 6) is 2.17. The molecule has 1 aromatic rings. The summed E-state index contributed by atoms with van der Waals surface area (Å²) >= 11 is 0. The molecule has 2 amide bonds. The Balaban J connectivity index is 0.00000392. The molecule has 1 fully saturated rings. The zero-order valence-corrected chi connectivity index (χ0v) is 19.1. The summed E-state index contributed by atoms with van der Waals surface area (Å²) < 4.78 is 11.3. The number of hydrogen-bond donors (Lipinski definition) is 3. The van der Waals surface area contributed by atoms with Gasteiger partial charge in [-0.25, -0.2) is 9.79 Å². The summed E-state index contributed by atoms with van der Waals surface area (Å²) in [5, 5.41) is 6.70. The molecule has 1 aliphatic heterocycles. The fourth-order valence-corrected chi connectivity index (χ4v) is 2.95. The van der Waals surface area contributed by atoms with Crippen molar-refractivity contribution in [3.05, 3.63) is 24.3 Å². The highest BCUT2D eigenvalue weighted by Gasteiger charge is 2.21. The molecule has 1 aromatic carbocycles. The lowest BCUT2D eigenvalue weighted by atomic mass is 10.1. The molecular formula is C19H32IN5O3. The van der Waals surface area contributed by atoms with E-state index in [9.17, 15) is 4.79 Å². The number of rotatable bonds is 7. The van der Waals surface area contributed by atoms with Crippen LogP contribution in [0.2, 0.25) is 0 Å². The van der Waals surface area contributed by atoms with Gasteiger partial charge < -0.3 is 30.7 Å². The molecular weight excluding hydrogens is 473 g/mol. The zero-order chi connectivity index (χ0) is 19.6. The number of guanidine groups is 1. The quantitative estimate of drug-likeness (QED) is 0.300. The molecule has 158 valence electrons. The molecule has 1 heterocycles. The van der Waals surface area contributed by atoms with Crippen molar-refractivity contribution in [2.75, 3.05) is 33.3 Å². The van der Waals surface area contributed by atoms with E-state index in [1.807, 2.05) is 38.1 Å². The molecule has 1 saturated heterocycles. The molecule has 0 spiro atoms. The molecule has 1 unspecified atom stereocenters. The maximum atomic E-state index is 11.2. The lowest BCUT2D eigenvalue weighted by Crippen LogP contribution is -2.50. The summed E-state index contributed by atoms with van der Waals surface area (Å²) in [6.45, 7) is 6.62. The molecule has 2 rings (SSSR count). The first kappa shape index (κ1) is 24.1. The second-order valence-electron chi connectivity index (χ2n) is 6.54. The van der Waals surface area contributed by atoms with Gasteiger partial charge in [0.15, 0.2) is 17.5 Å². The van der Waals surface area contributed by atoms with Gasteiger partial charge in [-0.05, 0) is 38.8 Å². The molecule has 0 aromatic heterocycles. The number of urea groups is 1. The Labute approximate surface area is 184 Å². The molecule has 8 nitrogen and oxygen atoms in total. The third-order valence-electron chi connectivity index (χ3n) is 4.40. The van der Waals surface area contributed by atoms with Crippen molar-refractivity contribution in [3.8, 4) is 11.5 Å². The molecule has 4 N–H and O–H groups in total. The number of carbonyl (C=O) groups excluding carboxylic acids is 1. The first-order chi connectivity index (χ1) is 13.0. The number of halogens is 1. The number of methoxy groups -OCH3 is 1. The maximum absolute atomic E-state index is 11.2. The number of piperidine rings is 1. The van der Waals surface area contributed by atoms with Crippen LogP contribution in [-0.2, 0) is 0 Å². The van der Waals surface area contributed by atoms with Gasteiger partial charge in [-0.3, -0.25) is 0 Å². The number of benzene rings is 1. The fraction of sp³-hybridized carbons (Fsp3) is 0.579. The number of ether oxygens (including phenoxy) is 2. The molecule has 0 saturated carbocycles. The molecule has 1 aliphatic rings. The highest BCUT2D eigenvalue weighted by molar-refractivity contribution is 14.0.